The summed E-state index contributed by atoms with van der Waals surface area (Å²) in [6.07, 6.45) is 4.61. The molecule has 1 aromatic heterocycles. The Bertz CT molecular complexity index is 1290. The fraction of sp³-hybridized carbons (Fsp3) is 0.414. The SMILES string of the molecule is CCNC(=O)c1ccc2c(c1)CCN(C(=O)[C@@H](Cc1c[nH]c3ccccc13)NC(=O)C1CCNCC1)C2. The summed E-state index contributed by atoms with van der Waals surface area (Å²) in [6, 6.07) is 13.1. The van der Waals surface area contributed by atoms with Crippen LogP contribution >= 0.6 is 0 Å². The van der Waals surface area contributed by atoms with Crippen LogP contribution in [0, 0.1) is 5.92 Å². The van der Waals surface area contributed by atoms with Gasteiger partial charge >= 0.3 is 0 Å². The number of H-pyrrole nitrogens is 1. The summed E-state index contributed by atoms with van der Waals surface area (Å²) in [5, 5.41) is 10.3. The van der Waals surface area contributed by atoms with Crippen LogP contribution in [0.3, 0.4) is 0 Å². The van der Waals surface area contributed by atoms with Gasteiger partial charge in [0, 0.05) is 54.6 Å². The summed E-state index contributed by atoms with van der Waals surface area (Å²) in [7, 11) is 0. The molecule has 0 radical (unpaired) electrons. The Morgan fingerprint density at radius 3 is 2.70 bits per heavy atom. The number of nitrogens with zero attached hydrogens (tertiary/aromatic N) is 1. The second kappa shape index (κ2) is 11.2. The van der Waals surface area contributed by atoms with Crippen molar-refractivity contribution in [2.24, 2.45) is 5.92 Å². The summed E-state index contributed by atoms with van der Waals surface area (Å²) < 4.78 is 0. The molecule has 2 aliphatic rings. The van der Waals surface area contributed by atoms with E-state index >= 15 is 0 Å². The Hall–Kier alpha value is -3.65. The molecule has 3 heterocycles. The number of benzene rings is 2. The maximum atomic E-state index is 13.9. The zero-order valence-electron chi connectivity index (χ0n) is 21.3. The zero-order chi connectivity index (χ0) is 25.8. The average molecular weight is 502 g/mol. The van der Waals surface area contributed by atoms with Gasteiger partial charge < -0.3 is 25.8 Å². The van der Waals surface area contributed by atoms with Crippen LogP contribution in [0.5, 0.6) is 0 Å². The van der Waals surface area contributed by atoms with Crippen molar-refractivity contribution >= 4 is 28.6 Å². The predicted octanol–water partition coefficient (Wildman–Crippen LogP) is 2.53. The molecule has 0 bridgehead atoms. The van der Waals surface area contributed by atoms with E-state index in [1.165, 1.54) is 0 Å². The number of aromatic nitrogens is 1. The Balaban J connectivity index is 1.35. The maximum absolute atomic E-state index is 13.9. The molecule has 2 aromatic carbocycles. The molecule has 3 amide bonds. The smallest absolute Gasteiger partial charge is 0.251 e. The number of carbonyl (C=O) groups is 3. The van der Waals surface area contributed by atoms with Crippen molar-refractivity contribution in [2.75, 3.05) is 26.2 Å². The quantitative estimate of drug-likeness (QED) is 0.399. The number of carbonyl (C=O) groups excluding carboxylic acids is 3. The highest BCUT2D eigenvalue weighted by molar-refractivity contribution is 5.94. The normalized spacial score (nSPS) is 16.7. The van der Waals surface area contributed by atoms with Crippen LogP contribution in [-0.2, 0) is 29.0 Å². The van der Waals surface area contributed by atoms with Gasteiger partial charge in [-0.2, -0.15) is 0 Å². The summed E-state index contributed by atoms with van der Waals surface area (Å²) in [5.41, 5.74) is 4.82. The number of rotatable bonds is 7. The molecule has 194 valence electrons. The molecule has 0 spiro atoms. The fourth-order valence-electron chi connectivity index (χ4n) is 5.46. The van der Waals surface area contributed by atoms with E-state index in [-0.39, 0.29) is 23.6 Å². The van der Waals surface area contributed by atoms with Crippen molar-refractivity contribution in [2.45, 2.75) is 45.2 Å². The first-order chi connectivity index (χ1) is 18.0. The standard InChI is InChI=1S/C29H35N5O3/c1-2-31-27(35)21-7-8-22-18-34(14-11-20(22)15-21)29(37)26(33-28(36)19-9-12-30-13-10-19)16-23-17-32-25-6-4-3-5-24(23)25/h3-8,15,17,19,26,30,32H,2,9-14,16,18H2,1H3,(H,31,35)(H,33,36)/t26-/m1/s1. The number of hydrogen-bond acceptors (Lipinski definition) is 4. The van der Waals surface area contributed by atoms with Gasteiger partial charge in [-0.1, -0.05) is 24.3 Å². The van der Waals surface area contributed by atoms with Crippen LogP contribution in [0.15, 0.2) is 48.7 Å². The van der Waals surface area contributed by atoms with Gasteiger partial charge in [0.25, 0.3) is 5.91 Å². The molecular weight excluding hydrogens is 466 g/mol. The third-order valence-electron chi connectivity index (χ3n) is 7.55. The molecule has 3 aromatic rings. The Kier molecular flexibility index (Phi) is 7.55. The highest BCUT2D eigenvalue weighted by atomic mass is 16.2. The second-order valence-electron chi connectivity index (χ2n) is 10.0. The minimum atomic E-state index is -0.641. The number of piperidine rings is 1. The summed E-state index contributed by atoms with van der Waals surface area (Å²) >= 11 is 0. The lowest BCUT2D eigenvalue weighted by Crippen LogP contribution is -2.52. The van der Waals surface area contributed by atoms with Crippen molar-refractivity contribution in [3.63, 3.8) is 0 Å². The third kappa shape index (κ3) is 5.54. The van der Waals surface area contributed by atoms with Crippen LogP contribution in [0.4, 0.5) is 0 Å². The maximum Gasteiger partial charge on any atom is 0.251 e. The highest BCUT2D eigenvalue weighted by Crippen LogP contribution is 2.24. The monoisotopic (exact) mass is 501 g/mol. The average Bonchev–Trinajstić information content (AvgIpc) is 3.35. The molecule has 4 N–H and O–H groups in total. The van der Waals surface area contributed by atoms with E-state index in [2.05, 4.69) is 20.9 Å². The van der Waals surface area contributed by atoms with Crippen LogP contribution in [0.1, 0.15) is 46.8 Å². The molecule has 8 nitrogen and oxygen atoms in total. The first-order valence-electron chi connectivity index (χ1n) is 13.3. The van der Waals surface area contributed by atoms with Gasteiger partial charge in [0.2, 0.25) is 11.8 Å². The molecule has 1 atom stereocenters. The van der Waals surface area contributed by atoms with Crippen molar-refractivity contribution < 1.29 is 14.4 Å². The number of aromatic amines is 1. The zero-order valence-corrected chi connectivity index (χ0v) is 21.3. The summed E-state index contributed by atoms with van der Waals surface area (Å²) in [6.45, 7) is 5.14. The topological polar surface area (TPSA) is 106 Å². The number of nitrogens with one attached hydrogen (secondary N) is 4. The van der Waals surface area contributed by atoms with Crippen molar-refractivity contribution in [3.05, 3.63) is 70.9 Å². The van der Waals surface area contributed by atoms with E-state index < -0.39 is 6.04 Å². The van der Waals surface area contributed by atoms with Gasteiger partial charge in [-0.05, 0) is 74.2 Å². The summed E-state index contributed by atoms with van der Waals surface area (Å²) in [4.78, 5) is 44.4. The van der Waals surface area contributed by atoms with Gasteiger partial charge in [0.05, 0.1) is 0 Å². The fourth-order valence-corrected chi connectivity index (χ4v) is 5.46. The lowest BCUT2D eigenvalue weighted by Gasteiger charge is -2.33. The molecule has 1 saturated heterocycles. The van der Waals surface area contributed by atoms with E-state index in [1.54, 1.807) is 0 Å². The van der Waals surface area contributed by atoms with Gasteiger partial charge in [-0.15, -0.1) is 0 Å². The first kappa shape index (κ1) is 25.0. The predicted molar refractivity (Wildman–Crippen MR) is 143 cm³/mol. The van der Waals surface area contributed by atoms with Gasteiger partial charge in [-0.3, -0.25) is 14.4 Å². The van der Waals surface area contributed by atoms with Crippen LogP contribution < -0.4 is 16.0 Å². The van der Waals surface area contributed by atoms with Crippen molar-refractivity contribution in [1.82, 2.24) is 25.8 Å². The molecule has 5 rings (SSSR count). The lowest BCUT2D eigenvalue weighted by atomic mass is 9.94. The van der Waals surface area contributed by atoms with Gasteiger partial charge in [-0.25, -0.2) is 0 Å². The minimum absolute atomic E-state index is 0.0383. The highest BCUT2D eigenvalue weighted by Gasteiger charge is 2.32. The van der Waals surface area contributed by atoms with Crippen molar-refractivity contribution in [1.29, 1.82) is 0 Å². The number of amides is 3. The molecular formula is C29H35N5O3. The molecule has 0 aliphatic carbocycles. The molecule has 1 fully saturated rings. The number of fused-ring (bicyclic) bond motifs is 2. The largest absolute Gasteiger partial charge is 0.361 e. The van der Waals surface area contributed by atoms with Crippen LogP contribution in [0.25, 0.3) is 10.9 Å². The van der Waals surface area contributed by atoms with E-state index in [9.17, 15) is 14.4 Å². The first-order valence-corrected chi connectivity index (χ1v) is 13.3. The van der Waals surface area contributed by atoms with Gasteiger partial charge in [0.1, 0.15) is 6.04 Å². The van der Waals surface area contributed by atoms with Crippen LogP contribution in [-0.4, -0.2) is 59.8 Å². The Labute approximate surface area is 217 Å². The van der Waals surface area contributed by atoms with E-state index in [4.69, 9.17) is 0 Å². The van der Waals surface area contributed by atoms with E-state index in [0.29, 0.717) is 38.0 Å². The Morgan fingerprint density at radius 2 is 1.89 bits per heavy atom. The molecule has 0 unspecified atom stereocenters. The van der Waals surface area contributed by atoms with E-state index in [0.717, 1.165) is 53.5 Å². The van der Waals surface area contributed by atoms with E-state index in [1.807, 2.05) is 60.5 Å². The van der Waals surface area contributed by atoms with Gasteiger partial charge in [0.15, 0.2) is 0 Å². The lowest BCUT2D eigenvalue weighted by molar-refractivity contribution is -0.138. The van der Waals surface area contributed by atoms with Crippen molar-refractivity contribution in [3.8, 4) is 0 Å². The third-order valence-corrected chi connectivity index (χ3v) is 7.55. The molecule has 37 heavy (non-hydrogen) atoms. The number of hydrogen-bond donors (Lipinski definition) is 4. The number of para-hydroxylation sites is 1. The van der Waals surface area contributed by atoms with Crippen LogP contribution in [0.2, 0.25) is 0 Å². The second-order valence-corrected chi connectivity index (χ2v) is 10.0. The molecule has 8 heteroatoms. The molecule has 2 aliphatic heterocycles. The minimum Gasteiger partial charge on any atom is -0.361 e. The summed E-state index contributed by atoms with van der Waals surface area (Å²) in [5.74, 6) is -0.257. The Morgan fingerprint density at radius 1 is 1.08 bits per heavy atom. The molecule has 0 saturated carbocycles.